The number of allylic oxidation sites excluding steroid dienone is 10. The van der Waals surface area contributed by atoms with Crippen molar-refractivity contribution in [3.8, 4) is 0 Å². The second-order valence-electron chi connectivity index (χ2n) is 18.3. The van der Waals surface area contributed by atoms with Gasteiger partial charge in [-0.2, -0.15) is 0 Å². The Morgan fingerprint density at radius 2 is 0.721 bits per heavy atom. The molecule has 2 unspecified atom stereocenters. The number of carbonyl (C=O) groups is 1. The van der Waals surface area contributed by atoms with E-state index in [2.05, 4.69) is 79.9 Å². The Kier molecular flexibility index (Phi) is 50.8. The highest BCUT2D eigenvalue weighted by Gasteiger charge is 2.20. The van der Waals surface area contributed by atoms with E-state index in [-0.39, 0.29) is 12.5 Å². The van der Waals surface area contributed by atoms with E-state index >= 15 is 0 Å². The van der Waals surface area contributed by atoms with E-state index in [4.69, 9.17) is 0 Å². The SMILES string of the molecule is CC/C=C\C/C=C\C/C=C\C/C=C\C/C=C\CCCCCCCCCCCCCCCCCCCCCCCCCC(=O)NC(CO)C(O)CCCCCCCCCCCC. The van der Waals surface area contributed by atoms with Gasteiger partial charge >= 0.3 is 0 Å². The van der Waals surface area contributed by atoms with Crippen molar-refractivity contribution in [2.75, 3.05) is 6.61 Å². The van der Waals surface area contributed by atoms with E-state index in [1.807, 2.05) is 0 Å². The number of hydrogen-bond donors (Lipinski definition) is 3. The number of amides is 1. The Labute approximate surface area is 381 Å². The summed E-state index contributed by atoms with van der Waals surface area (Å²) in [5.74, 6) is -0.0299. The standard InChI is InChI=1S/C57H105NO3/c1-3-5-7-9-11-13-15-16-17-18-19-20-21-22-23-24-25-26-27-28-29-30-31-32-33-34-35-36-37-38-39-40-41-42-43-45-47-49-51-53-57(61)58-55(54-59)56(60)52-50-48-46-44-14-12-10-8-6-4-2/h5,7,11,13,16-17,19-20,22-23,55-56,59-60H,3-4,6,8-10,12,14-15,18,21,24-54H2,1-2H3,(H,58,61)/b7-5-,13-11-,17-16-,20-19-,23-22-. The molecule has 0 aromatic heterocycles. The van der Waals surface area contributed by atoms with Crippen molar-refractivity contribution in [3.05, 3.63) is 60.8 Å². The minimum Gasteiger partial charge on any atom is -0.394 e. The van der Waals surface area contributed by atoms with E-state index in [1.54, 1.807) is 0 Å². The molecule has 3 N–H and O–H groups in total. The highest BCUT2D eigenvalue weighted by atomic mass is 16.3. The van der Waals surface area contributed by atoms with E-state index in [0.29, 0.717) is 12.8 Å². The van der Waals surface area contributed by atoms with Gasteiger partial charge in [0.15, 0.2) is 0 Å². The lowest BCUT2D eigenvalue weighted by Gasteiger charge is -2.22. The molecule has 4 heteroatoms. The van der Waals surface area contributed by atoms with Crippen LogP contribution in [-0.2, 0) is 4.79 Å². The van der Waals surface area contributed by atoms with Crippen molar-refractivity contribution in [2.45, 2.75) is 289 Å². The van der Waals surface area contributed by atoms with Gasteiger partial charge in [0.25, 0.3) is 0 Å². The maximum Gasteiger partial charge on any atom is 0.220 e. The summed E-state index contributed by atoms with van der Waals surface area (Å²) < 4.78 is 0. The van der Waals surface area contributed by atoms with Crippen molar-refractivity contribution in [1.82, 2.24) is 5.32 Å². The third kappa shape index (κ3) is 49.0. The molecule has 4 nitrogen and oxygen atoms in total. The second-order valence-corrected chi connectivity index (χ2v) is 18.3. The van der Waals surface area contributed by atoms with Crippen molar-refractivity contribution in [2.24, 2.45) is 0 Å². The highest BCUT2D eigenvalue weighted by molar-refractivity contribution is 5.76. The minimum absolute atomic E-state index is 0.0299. The number of hydrogen-bond acceptors (Lipinski definition) is 3. The molecule has 356 valence electrons. The Hall–Kier alpha value is -1.91. The van der Waals surface area contributed by atoms with Gasteiger partial charge in [-0.15, -0.1) is 0 Å². The summed E-state index contributed by atoms with van der Waals surface area (Å²) in [4.78, 5) is 12.4. The molecule has 0 heterocycles. The molecule has 0 rings (SSSR count). The van der Waals surface area contributed by atoms with Crippen molar-refractivity contribution in [3.63, 3.8) is 0 Å². The van der Waals surface area contributed by atoms with Crippen molar-refractivity contribution < 1.29 is 15.0 Å². The highest BCUT2D eigenvalue weighted by Crippen LogP contribution is 2.17. The molecule has 0 fully saturated rings. The summed E-state index contributed by atoms with van der Waals surface area (Å²) in [5.41, 5.74) is 0. The Bertz CT molecular complexity index is 1010. The van der Waals surface area contributed by atoms with Crippen LogP contribution in [0.4, 0.5) is 0 Å². The van der Waals surface area contributed by atoms with Crippen LogP contribution in [-0.4, -0.2) is 34.9 Å². The maximum absolute atomic E-state index is 12.4. The Morgan fingerprint density at radius 3 is 1.08 bits per heavy atom. The zero-order chi connectivity index (χ0) is 44.2. The molecule has 0 aliphatic rings. The molecule has 0 aliphatic carbocycles. The first-order valence-electron chi connectivity index (χ1n) is 27.0. The lowest BCUT2D eigenvalue weighted by atomic mass is 10.0. The third-order valence-electron chi connectivity index (χ3n) is 12.3. The molecule has 1 amide bonds. The predicted octanol–water partition coefficient (Wildman–Crippen LogP) is 17.6. The van der Waals surface area contributed by atoms with Crippen LogP contribution in [0.25, 0.3) is 0 Å². The summed E-state index contributed by atoms with van der Waals surface area (Å²) in [6, 6.07) is -0.533. The molecule has 0 aromatic rings. The van der Waals surface area contributed by atoms with E-state index in [9.17, 15) is 15.0 Å². The fourth-order valence-electron chi connectivity index (χ4n) is 8.21. The molecule has 0 spiro atoms. The molecule has 0 aromatic carbocycles. The molecule has 0 bridgehead atoms. The van der Waals surface area contributed by atoms with Gasteiger partial charge in [-0.3, -0.25) is 4.79 Å². The number of rotatable bonds is 49. The number of nitrogens with one attached hydrogen (secondary N) is 1. The second kappa shape index (κ2) is 52.4. The first kappa shape index (κ1) is 59.1. The van der Waals surface area contributed by atoms with Crippen LogP contribution in [0.5, 0.6) is 0 Å². The summed E-state index contributed by atoms with van der Waals surface area (Å²) in [5, 5.41) is 23.1. The van der Waals surface area contributed by atoms with Crippen molar-refractivity contribution in [1.29, 1.82) is 0 Å². The van der Waals surface area contributed by atoms with Crippen LogP contribution in [0.2, 0.25) is 0 Å². The molecule has 61 heavy (non-hydrogen) atoms. The normalized spacial score (nSPS) is 13.3. The largest absolute Gasteiger partial charge is 0.394 e. The fourth-order valence-corrected chi connectivity index (χ4v) is 8.21. The molecule has 2 atom stereocenters. The van der Waals surface area contributed by atoms with Crippen molar-refractivity contribution >= 4 is 5.91 Å². The Morgan fingerprint density at radius 1 is 0.410 bits per heavy atom. The zero-order valence-corrected chi connectivity index (χ0v) is 40.9. The molecular weight excluding hydrogens is 747 g/mol. The number of unbranched alkanes of at least 4 members (excludes halogenated alkanes) is 32. The van der Waals surface area contributed by atoms with Gasteiger partial charge in [0.2, 0.25) is 5.91 Å². The first-order chi connectivity index (χ1) is 30.2. The lowest BCUT2D eigenvalue weighted by molar-refractivity contribution is -0.123. The maximum atomic E-state index is 12.4. The van der Waals surface area contributed by atoms with E-state index in [0.717, 1.165) is 57.8 Å². The van der Waals surface area contributed by atoms with Crippen LogP contribution in [0.15, 0.2) is 60.8 Å². The van der Waals surface area contributed by atoms with E-state index in [1.165, 1.54) is 193 Å². The molecular formula is C57H105NO3. The summed E-state index contributed by atoms with van der Waals surface area (Å²) in [6.07, 6.45) is 73.6. The van der Waals surface area contributed by atoms with Gasteiger partial charge in [-0.1, -0.05) is 274 Å². The Balaban J connectivity index is 3.38. The van der Waals surface area contributed by atoms with Crippen LogP contribution in [0.3, 0.4) is 0 Å². The van der Waals surface area contributed by atoms with E-state index < -0.39 is 12.1 Å². The van der Waals surface area contributed by atoms with Gasteiger partial charge in [0.1, 0.15) is 0 Å². The van der Waals surface area contributed by atoms with Crippen LogP contribution in [0, 0.1) is 0 Å². The van der Waals surface area contributed by atoms with Crippen LogP contribution < -0.4 is 5.32 Å². The quantitative estimate of drug-likeness (QED) is 0.0422. The lowest BCUT2D eigenvalue weighted by Crippen LogP contribution is -2.45. The number of aliphatic hydroxyl groups excluding tert-OH is 2. The molecule has 0 saturated carbocycles. The minimum atomic E-state index is -0.656. The summed E-state index contributed by atoms with van der Waals surface area (Å²) >= 11 is 0. The van der Waals surface area contributed by atoms with Gasteiger partial charge in [-0.05, 0) is 57.8 Å². The zero-order valence-electron chi connectivity index (χ0n) is 40.9. The summed E-state index contributed by atoms with van der Waals surface area (Å²) in [7, 11) is 0. The average molecular weight is 852 g/mol. The number of aliphatic hydroxyl groups is 2. The summed E-state index contributed by atoms with van der Waals surface area (Å²) in [6.45, 7) is 4.24. The monoisotopic (exact) mass is 852 g/mol. The molecule has 0 radical (unpaired) electrons. The van der Waals surface area contributed by atoms with Gasteiger partial charge in [0, 0.05) is 6.42 Å². The topological polar surface area (TPSA) is 69.6 Å². The molecule has 0 aliphatic heterocycles. The first-order valence-corrected chi connectivity index (χ1v) is 27.0. The van der Waals surface area contributed by atoms with Gasteiger partial charge in [-0.25, -0.2) is 0 Å². The van der Waals surface area contributed by atoms with Crippen LogP contribution >= 0.6 is 0 Å². The average Bonchev–Trinajstić information content (AvgIpc) is 3.26. The third-order valence-corrected chi connectivity index (χ3v) is 12.3. The van der Waals surface area contributed by atoms with Gasteiger partial charge < -0.3 is 15.5 Å². The van der Waals surface area contributed by atoms with Crippen LogP contribution in [0.1, 0.15) is 277 Å². The fraction of sp³-hybridized carbons (Fsp3) is 0.807. The molecule has 0 saturated heterocycles. The number of carbonyl (C=O) groups excluding carboxylic acids is 1. The van der Waals surface area contributed by atoms with Gasteiger partial charge in [0.05, 0.1) is 18.8 Å². The smallest absolute Gasteiger partial charge is 0.220 e. The predicted molar refractivity (Wildman–Crippen MR) is 271 cm³/mol.